The van der Waals surface area contributed by atoms with Crippen molar-refractivity contribution in [3.8, 4) is 10.4 Å². The van der Waals surface area contributed by atoms with Crippen LogP contribution in [0.2, 0.25) is 0 Å². The van der Waals surface area contributed by atoms with Crippen molar-refractivity contribution in [1.29, 1.82) is 0 Å². The summed E-state index contributed by atoms with van der Waals surface area (Å²) in [7, 11) is 0. The second-order valence-corrected chi connectivity index (χ2v) is 10.5. The van der Waals surface area contributed by atoms with E-state index in [2.05, 4.69) is 15.9 Å². The van der Waals surface area contributed by atoms with Gasteiger partial charge in [-0.1, -0.05) is 45.4 Å². The molecule has 0 radical (unpaired) electrons. The van der Waals surface area contributed by atoms with Gasteiger partial charge in [0.15, 0.2) is 0 Å². The Hall–Kier alpha value is -2.71. The molecule has 180 valence electrons. The number of thiophene rings is 1. The minimum absolute atomic E-state index is 0.147. The molecule has 34 heavy (non-hydrogen) atoms. The molecule has 0 bridgehead atoms. The van der Waals surface area contributed by atoms with E-state index in [-0.39, 0.29) is 23.9 Å². The number of nitrogens with zero attached hydrogens (tertiary/aromatic N) is 1. The Morgan fingerprint density at radius 2 is 1.74 bits per heavy atom. The van der Waals surface area contributed by atoms with Crippen LogP contribution >= 0.6 is 27.3 Å². The fourth-order valence-corrected chi connectivity index (χ4v) is 5.96. The van der Waals surface area contributed by atoms with E-state index in [9.17, 15) is 19.5 Å². The quantitative estimate of drug-likeness (QED) is 0.297. The molecule has 0 aliphatic rings. The van der Waals surface area contributed by atoms with Crippen LogP contribution in [-0.2, 0) is 16.1 Å². The molecule has 1 unspecified atom stereocenters. The van der Waals surface area contributed by atoms with Crippen LogP contribution in [0.5, 0.6) is 0 Å². The molecular weight excluding hydrogens is 518 g/mol. The zero-order valence-corrected chi connectivity index (χ0v) is 21.8. The van der Waals surface area contributed by atoms with E-state index >= 15 is 0 Å². The first-order chi connectivity index (χ1) is 16.1. The first-order valence-electron chi connectivity index (χ1n) is 11.2. The van der Waals surface area contributed by atoms with E-state index in [1.165, 1.54) is 4.90 Å². The highest BCUT2D eigenvalue weighted by atomic mass is 79.9. The lowest BCUT2D eigenvalue weighted by Gasteiger charge is -2.32. The van der Waals surface area contributed by atoms with Crippen LogP contribution in [0.15, 0.2) is 46.9 Å². The first-order valence-corrected chi connectivity index (χ1v) is 12.8. The van der Waals surface area contributed by atoms with Crippen LogP contribution in [0, 0.1) is 5.92 Å². The van der Waals surface area contributed by atoms with Gasteiger partial charge in [0.25, 0.3) is 0 Å². The maximum absolute atomic E-state index is 13.0. The number of benzene rings is 2. The molecule has 1 aromatic heterocycles. The monoisotopic (exact) mass is 545 g/mol. The van der Waals surface area contributed by atoms with Crippen molar-refractivity contribution in [3.63, 3.8) is 0 Å². The molecule has 8 heteroatoms. The molecule has 3 aromatic rings. The highest BCUT2D eigenvalue weighted by Gasteiger charge is 2.32. The number of aliphatic carboxylic acids is 1. The van der Waals surface area contributed by atoms with Gasteiger partial charge in [-0.2, -0.15) is 0 Å². The number of hydrogen-bond acceptors (Lipinski definition) is 4. The second-order valence-electron chi connectivity index (χ2n) is 8.61. The molecule has 2 aromatic carbocycles. The standard InChI is InChI=1S/C26H28BrNO5S/c1-4-5-6-21(29)28(23(15(2)3)26(32)33)14-16-7-12-20-19(13-16)22(27)24(34-20)17-8-10-18(11-9-17)25(30)31/h7-13,15,23H,4-6,14H2,1-3H3,(H,30,31)(H,32,33). The summed E-state index contributed by atoms with van der Waals surface area (Å²) in [6, 6.07) is 11.7. The minimum Gasteiger partial charge on any atom is -0.480 e. The summed E-state index contributed by atoms with van der Waals surface area (Å²) >= 11 is 5.28. The number of halogens is 1. The van der Waals surface area contributed by atoms with E-state index in [0.717, 1.165) is 43.4 Å². The highest BCUT2D eigenvalue weighted by Crippen LogP contribution is 2.42. The molecule has 3 rings (SSSR count). The Morgan fingerprint density at radius 1 is 1.06 bits per heavy atom. The second kappa shape index (κ2) is 11.1. The summed E-state index contributed by atoms with van der Waals surface area (Å²) in [5.74, 6) is -2.33. The van der Waals surface area contributed by atoms with Crippen molar-refractivity contribution >= 4 is 55.2 Å². The molecule has 6 nitrogen and oxygen atoms in total. The summed E-state index contributed by atoms with van der Waals surface area (Å²) in [6.45, 7) is 5.86. The number of unbranched alkanes of at least 4 members (excludes halogenated alkanes) is 1. The summed E-state index contributed by atoms with van der Waals surface area (Å²) < 4.78 is 1.93. The van der Waals surface area contributed by atoms with Crippen molar-refractivity contribution < 1.29 is 24.6 Å². The van der Waals surface area contributed by atoms with Gasteiger partial charge in [-0.15, -0.1) is 11.3 Å². The number of fused-ring (bicyclic) bond motifs is 1. The van der Waals surface area contributed by atoms with Crippen molar-refractivity contribution in [3.05, 3.63) is 58.1 Å². The molecule has 2 N–H and O–H groups in total. The summed E-state index contributed by atoms with van der Waals surface area (Å²) in [4.78, 5) is 38.6. The highest BCUT2D eigenvalue weighted by molar-refractivity contribution is 9.10. The van der Waals surface area contributed by atoms with Crippen molar-refractivity contribution in [2.45, 2.75) is 52.6 Å². The molecule has 0 spiro atoms. The number of carboxylic acid groups (broad SMARTS) is 2. The largest absolute Gasteiger partial charge is 0.480 e. The van der Waals surface area contributed by atoms with E-state index < -0.39 is 18.0 Å². The third-order valence-corrected chi connectivity index (χ3v) is 8.03. The predicted octanol–water partition coefficient (Wildman–Crippen LogP) is 6.66. The number of carbonyl (C=O) groups is 3. The number of carboxylic acids is 2. The van der Waals surface area contributed by atoms with Crippen molar-refractivity contribution in [2.24, 2.45) is 5.92 Å². The van der Waals surface area contributed by atoms with Gasteiger partial charge in [0.1, 0.15) is 6.04 Å². The van der Waals surface area contributed by atoms with E-state index in [4.69, 9.17) is 5.11 Å². The molecule has 0 aliphatic heterocycles. The topological polar surface area (TPSA) is 94.9 Å². The Morgan fingerprint density at radius 3 is 2.29 bits per heavy atom. The third kappa shape index (κ3) is 5.67. The van der Waals surface area contributed by atoms with Gasteiger partial charge in [-0.05, 0) is 63.7 Å². The average molecular weight is 546 g/mol. The van der Waals surface area contributed by atoms with Crippen LogP contribution in [0.1, 0.15) is 56.0 Å². The molecule has 0 saturated carbocycles. The number of hydrogen-bond donors (Lipinski definition) is 2. The van der Waals surface area contributed by atoms with Crippen LogP contribution in [0.4, 0.5) is 0 Å². The zero-order valence-electron chi connectivity index (χ0n) is 19.4. The van der Waals surface area contributed by atoms with Gasteiger partial charge in [0.05, 0.1) is 5.56 Å². The average Bonchev–Trinajstić information content (AvgIpc) is 3.12. The van der Waals surface area contributed by atoms with Crippen LogP contribution in [0.25, 0.3) is 20.5 Å². The van der Waals surface area contributed by atoms with E-state index in [1.807, 2.05) is 39.0 Å². The molecule has 1 amide bonds. The smallest absolute Gasteiger partial charge is 0.335 e. The third-order valence-electron chi connectivity index (χ3n) is 5.72. The Labute approximate surface area is 211 Å². The number of amides is 1. The van der Waals surface area contributed by atoms with E-state index in [0.29, 0.717) is 6.42 Å². The number of rotatable bonds is 10. The number of carbonyl (C=O) groups excluding carboxylic acids is 1. The van der Waals surface area contributed by atoms with Crippen molar-refractivity contribution in [1.82, 2.24) is 4.90 Å². The van der Waals surface area contributed by atoms with Gasteiger partial charge in [0, 0.05) is 32.4 Å². The Kier molecular flexibility index (Phi) is 8.49. The van der Waals surface area contributed by atoms with Gasteiger partial charge >= 0.3 is 11.9 Å². The van der Waals surface area contributed by atoms with Crippen LogP contribution in [0.3, 0.4) is 0 Å². The molecule has 0 fully saturated rings. The minimum atomic E-state index is -0.996. The summed E-state index contributed by atoms with van der Waals surface area (Å²) in [5, 5.41) is 19.9. The fraction of sp³-hybridized carbons (Fsp3) is 0.346. The maximum Gasteiger partial charge on any atom is 0.335 e. The normalized spacial score (nSPS) is 12.1. The van der Waals surface area contributed by atoms with Gasteiger partial charge in [-0.25, -0.2) is 9.59 Å². The summed E-state index contributed by atoms with van der Waals surface area (Å²) in [6.07, 6.45) is 1.91. The van der Waals surface area contributed by atoms with Gasteiger partial charge < -0.3 is 15.1 Å². The lowest BCUT2D eigenvalue weighted by atomic mass is 10.0. The molecule has 0 saturated heterocycles. The molecule has 0 aliphatic carbocycles. The lowest BCUT2D eigenvalue weighted by Crippen LogP contribution is -2.47. The lowest BCUT2D eigenvalue weighted by molar-refractivity contribution is -0.153. The SMILES string of the molecule is CCCCC(=O)N(Cc1ccc2sc(-c3ccc(C(=O)O)cc3)c(Br)c2c1)C(C(=O)O)C(C)C. The van der Waals surface area contributed by atoms with Gasteiger partial charge in [0.2, 0.25) is 5.91 Å². The molecule has 1 heterocycles. The summed E-state index contributed by atoms with van der Waals surface area (Å²) in [5.41, 5.74) is 1.99. The molecular formula is C26H28BrNO5S. The Bertz CT molecular complexity index is 1200. The molecule has 1 atom stereocenters. The number of aromatic carboxylic acids is 1. The van der Waals surface area contributed by atoms with E-state index in [1.54, 1.807) is 35.6 Å². The van der Waals surface area contributed by atoms with Crippen LogP contribution < -0.4 is 0 Å². The maximum atomic E-state index is 13.0. The Balaban J connectivity index is 1.96. The van der Waals surface area contributed by atoms with Crippen molar-refractivity contribution in [2.75, 3.05) is 0 Å². The predicted molar refractivity (Wildman–Crippen MR) is 138 cm³/mol. The van der Waals surface area contributed by atoms with Crippen LogP contribution in [-0.4, -0.2) is 39.0 Å². The fourth-order valence-electron chi connectivity index (χ4n) is 3.95. The first kappa shape index (κ1) is 25.9. The zero-order chi connectivity index (χ0) is 25.0. The van der Waals surface area contributed by atoms with Gasteiger partial charge in [-0.3, -0.25) is 4.79 Å².